The van der Waals surface area contributed by atoms with Crippen LogP contribution in [0.2, 0.25) is 0 Å². The zero-order chi connectivity index (χ0) is 11.5. The van der Waals surface area contributed by atoms with E-state index in [4.69, 9.17) is 5.11 Å². The third kappa shape index (κ3) is 3.80. The largest absolute Gasteiger partial charge is 0.481 e. The van der Waals surface area contributed by atoms with Gasteiger partial charge in [0.1, 0.15) is 0 Å². The van der Waals surface area contributed by atoms with Crippen molar-refractivity contribution in [1.29, 1.82) is 0 Å². The highest BCUT2D eigenvalue weighted by Crippen LogP contribution is 2.14. The molecule has 0 spiro atoms. The first-order valence-electron chi connectivity index (χ1n) is 5.65. The molecule has 1 rings (SSSR count). The van der Waals surface area contributed by atoms with Crippen LogP contribution in [0.3, 0.4) is 0 Å². The van der Waals surface area contributed by atoms with Crippen LogP contribution >= 0.6 is 0 Å². The fourth-order valence-corrected chi connectivity index (χ4v) is 2.11. The number of aliphatic carboxylic acids is 1. The first-order chi connectivity index (χ1) is 6.94. The van der Waals surface area contributed by atoms with Crippen LogP contribution in [0.5, 0.6) is 0 Å². The van der Waals surface area contributed by atoms with Crippen LogP contribution in [0.15, 0.2) is 0 Å². The predicted octanol–water partition coefficient (Wildman–Crippen LogP) is 0.781. The molecule has 0 aromatic heterocycles. The van der Waals surface area contributed by atoms with Gasteiger partial charge in [-0.05, 0) is 26.8 Å². The summed E-state index contributed by atoms with van der Waals surface area (Å²) >= 11 is 0. The maximum atomic E-state index is 11.0. The van der Waals surface area contributed by atoms with Gasteiger partial charge in [-0.1, -0.05) is 6.92 Å². The van der Waals surface area contributed by atoms with Crippen LogP contribution in [0.25, 0.3) is 0 Å². The summed E-state index contributed by atoms with van der Waals surface area (Å²) in [7, 11) is 0. The Morgan fingerprint density at radius 1 is 1.60 bits per heavy atom. The normalized spacial score (nSPS) is 27.3. The van der Waals surface area contributed by atoms with Crippen molar-refractivity contribution in [2.45, 2.75) is 32.7 Å². The standard InChI is InChI=1S/C11H22N2O2/c1-4-5-13-7-9(10(14)15)6-12-11(2,3)8-13/h9,12H,4-8H2,1-3H3,(H,14,15). The molecule has 0 aromatic carbocycles. The van der Waals surface area contributed by atoms with Crippen molar-refractivity contribution in [3.8, 4) is 0 Å². The van der Waals surface area contributed by atoms with Gasteiger partial charge in [-0.15, -0.1) is 0 Å². The van der Waals surface area contributed by atoms with Crippen molar-refractivity contribution in [2.24, 2.45) is 5.92 Å². The van der Waals surface area contributed by atoms with Gasteiger partial charge >= 0.3 is 5.97 Å². The quantitative estimate of drug-likeness (QED) is 0.729. The molecule has 1 fully saturated rings. The topological polar surface area (TPSA) is 52.6 Å². The molecule has 0 radical (unpaired) electrons. The average molecular weight is 214 g/mol. The van der Waals surface area contributed by atoms with Crippen molar-refractivity contribution in [3.63, 3.8) is 0 Å². The molecule has 88 valence electrons. The lowest BCUT2D eigenvalue weighted by Gasteiger charge is -2.29. The first-order valence-corrected chi connectivity index (χ1v) is 5.65. The van der Waals surface area contributed by atoms with E-state index in [-0.39, 0.29) is 11.5 Å². The van der Waals surface area contributed by atoms with Crippen LogP contribution in [0, 0.1) is 5.92 Å². The van der Waals surface area contributed by atoms with Crippen LogP contribution in [-0.4, -0.2) is 47.7 Å². The number of hydrogen-bond acceptors (Lipinski definition) is 3. The molecule has 1 unspecified atom stereocenters. The molecule has 0 aliphatic carbocycles. The van der Waals surface area contributed by atoms with E-state index in [9.17, 15) is 4.79 Å². The van der Waals surface area contributed by atoms with Gasteiger partial charge < -0.3 is 15.3 Å². The van der Waals surface area contributed by atoms with Crippen molar-refractivity contribution in [1.82, 2.24) is 10.2 Å². The molecule has 1 aliphatic rings. The fourth-order valence-electron chi connectivity index (χ4n) is 2.11. The van der Waals surface area contributed by atoms with Crippen LogP contribution in [0.1, 0.15) is 27.2 Å². The fraction of sp³-hybridized carbons (Fsp3) is 0.909. The molecule has 1 saturated heterocycles. The summed E-state index contributed by atoms with van der Waals surface area (Å²) in [5.74, 6) is -0.973. The molecule has 4 heteroatoms. The minimum atomic E-state index is -0.693. The number of nitrogens with zero attached hydrogens (tertiary/aromatic N) is 1. The van der Waals surface area contributed by atoms with Crippen molar-refractivity contribution < 1.29 is 9.90 Å². The second kappa shape index (κ2) is 4.94. The smallest absolute Gasteiger partial charge is 0.309 e. The van der Waals surface area contributed by atoms with E-state index in [0.717, 1.165) is 19.5 Å². The Labute approximate surface area is 91.6 Å². The molecule has 0 saturated carbocycles. The molecule has 0 amide bonds. The Hall–Kier alpha value is -0.610. The Kier molecular flexibility index (Phi) is 4.11. The third-order valence-corrected chi connectivity index (χ3v) is 2.81. The Morgan fingerprint density at radius 3 is 2.80 bits per heavy atom. The Balaban J connectivity index is 2.66. The van der Waals surface area contributed by atoms with E-state index in [1.807, 2.05) is 0 Å². The van der Waals surface area contributed by atoms with Gasteiger partial charge in [-0.25, -0.2) is 0 Å². The second-order valence-corrected chi connectivity index (χ2v) is 5.04. The number of hydrogen-bond donors (Lipinski definition) is 2. The predicted molar refractivity (Wildman–Crippen MR) is 59.9 cm³/mol. The van der Waals surface area contributed by atoms with Gasteiger partial charge in [0.15, 0.2) is 0 Å². The van der Waals surface area contributed by atoms with E-state index in [2.05, 4.69) is 31.0 Å². The number of carboxylic acid groups (broad SMARTS) is 1. The number of carbonyl (C=O) groups is 1. The molecular weight excluding hydrogens is 192 g/mol. The summed E-state index contributed by atoms with van der Waals surface area (Å²) in [5.41, 5.74) is 0.0133. The molecular formula is C11H22N2O2. The average Bonchev–Trinajstić information content (AvgIpc) is 2.24. The maximum absolute atomic E-state index is 11.0. The van der Waals surface area contributed by atoms with Gasteiger partial charge in [-0.3, -0.25) is 4.79 Å². The first kappa shape index (κ1) is 12.5. The number of nitrogens with one attached hydrogen (secondary N) is 1. The summed E-state index contributed by atoms with van der Waals surface area (Å²) in [6.45, 7) is 9.52. The van der Waals surface area contributed by atoms with Gasteiger partial charge in [-0.2, -0.15) is 0 Å². The Bertz CT molecular complexity index is 229. The van der Waals surface area contributed by atoms with Crippen LogP contribution in [0.4, 0.5) is 0 Å². The highest BCUT2D eigenvalue weighted by Gasteiger charge is 2.30. The maximum Gasteiger partial charge on any atom is 0.309 e. The van der Waals surface area contributed by atoms with Gasteiger partial charge in [0.2, 0.25) is 0 Å². The highest BCUT2D eigenvalue weighted by molar-refractivity contribution is 5.70. The van der Waals surface area contributed by atoms with Crippen LogP contribution < -0.4 is 5.32 Å². The van der Waals surface area contributed by atoms with Gasteiger partial charge in [0, 0.05) is 25.2 Å². The molecule has 15 heavy (non-hydrogen) atoms. The third-order valence-electron chi connectivity index (χ3n) is 2.81. The zero-order valence-electron chi connectivity index (χ0n) is 9.92. The van der Waals surface area contributed by atoms with E-state index in [1.165, 1.54) is 0 Å². The second-order valence-electron chi connectivity index (χ2n) is 5.04. The van der Waals surface area contributed by atoms with E-state index >= 15 is 0 Å². The molecule has 1 aliphatic heterocycles. The Morgan fingerprint density at radius 2 is 2.27 bits per heavy atom. The van der Waals surface area contributed by atoms with E-state index in [1.54, 1.807) is 0 Å². The zero-order valence-corrected chi connectivity index (χ0v) is 9.92. The van der Waals surface area contributed by atoms with Crippen molar-refractivity contribution in [3.05, 3.63) is 0 Å². The van der Waals surface area contributed by atoms with Crippen LogP contribution in [-0.2, 0) is 4.79 Å². The summed E-state index contributed by atoms with van der Waals surface area (Å²) in [4.78, 5) is 13.3. The monoisotopic (exact) mass is 214 g/mol. The van der Waals surface area contributed by atoms with Gasteiger partial charge in [0.05, 0.1) is 5.92 Å². The van der Waals surface area contributed by atoms with Crippen molar-refractivity contribution in [2.75, 3.05) is 26.2 Å². The summed E-state index contributed by atoms with van der Waals surface area (Å²) in [5, 5.41) is 12.4. The number of rotatable bonds is 3. The molecule has 0 aromatic rings. The minimum absolute atomic E-state index is 0.0133. The SMILES string of the molecule is CCCN1CC(C(=O)O)CNC(C)(C)C1. The lowest BCUT2D eigenvalue weighted by atomic mass is 10.1. The molecule has 4 nitrogen and oxygen atoms in total. The minimum Gasteiger partial charge on any atom is -0.481 e. The number of carboxylic acids is 1. The highest BCUT2D eigenvalue weighted by atomic mass is 16.4. The lowest BCUT2D eigenvalue weighted by molar-refractivity contribution is -0.141. The molecule has 1 heterocycles. The lowest BCUT2D eigenvalue weighted by Crippen LogP contribution is -2.46. The van der Waals surface area contributed by atoms with Gasteiger partial charge in [0.25, 0.3) is 0 Å². The summed E-state index contributed by atoms with van der Waals surface area (Å²) in [6, 6.07) is 0. The van der Waals surface area contributed by atoms with E-state index < -0.39 is 5.97 Å². The molecule has 2 N–H and O–H groups in total. The van der Waals surface area contributed by atoms with Crippen molar-refractivity contribution >= 4 is 5.97 Å². The summed E-state index contributed by atoms with van der Waals surface area (Å²) in [6.07, 6.45) is 1.07. The van der Waals surface area contributed by atoms with E-state index in [0.29, 0.717) is 13.1 Å². The molecule has 1 atom stereocenters. The summed E-state index contributed by atoms with van der Waals surface area (Å²) < 4.78 is 0. The molecule has 0 bridgehead atoms.